The second kappa shape index (κ2) is 6.90. The van der Waals surface area contributed by atoms with Crippen LogP contribution in [0, 0.1) is 29.1 Å². The van der Waals surface area contributed by atoms with E-state index < -0.39 is 11.7 Å². The van der Waals surface area contributed by atoms with Gasteiger partial charge in [-0.3, -0.25) is 0 Å². The van der Waals surface area contributed by atoms with Crippen molar-refractivity contribution in [3.8, 4) is 0 Å². The first kappa shape index (κ1) is 17.8. The molecular weight excluding hydrogens is 299 g/mol. The number of nitrogens with one attached hydrogen (secondary N) is 1. The molecule has 0 spiro atoms. The van der Waals surface area contributed by atoms with Gasteiger partial charge >= 0.3 is 6.18 Å². The van der Waals surface area contributed by atoms with Gasteiger partial charge in [-0.2, -0.15) is 13.2 Å². The highest BCUT2D eigenvalue weighted by atomic mass is 19.4. The summed E-state index contributed by atoms with van der Waals surface area (Å²) in [4.78, 5) is 0. The van der Waals surface area contributed by atoms with Crippen LogP contribution in [0.4, 0.5) is 13.2 Å². The Hall–Kier alpha value is -1.58. The lowest BCUT2D eigenvalue weighted by molar-refractivity contribution is -0.137. The molecule has 1 aromatic rings. The van der Waals surface area contributed by atoms with E-state index in [0.717, 1.165) is 18.7 Å². The van der Waals surface area contributed by atoms with Gasteiger partial charge < -0.3 is 5.41 Å². The molecule has 1 unspecified atom stereocenters. The van der Waals surface area contributed by atoms with Gasteiger partial charge in [-0.1, -0.05) is 39.0 Å². The van der Waals surface area contributed by atoms with E-state index in [2.05, 4.69) is 20.8 Å². The van der Waals surface area contributed by atoms with E-state index >= 15 is 0 Å². The highest BCUT2D eigenvalue weighted by molar-refractivity contribution is 5.84. The van der Waals surface area contributed by atoms with Crippen LogP contribution in [-0.2, 0) is 6.18 Å². The van der Waals surface area contributed by atoms with Crippen LogP contribution in [0.5, 0.6) is 0 Å². The minimum Gasteiger partial charge on any atom is -0.309 e. The summed E-state index contributed by atoms with van der Waals surface area (Å²) in [5.74, 6) is 2.22. The van der Waals surface area contributed by atoms with Gasteiger partial charge in [0.05, 0.1) is 5.56 Å². The molecule has 1 aliphatic carbocycles. The van der Waals surface area contributed by atoms with Crippen molar-refractivity contribution in [1.82, 2.24) is 0 Å². The van der Waals surface area contributed by atoms with Gasteiger partial charge in [0.2, 0.25) is 0 Å². The van der Waals surface area contributed by atoms with Gasteiger partial charge in [-0.05, 0) is 59.8 Å². The normalized spacial score (nSPS) is 23.0. The lowest BCUT2D eigenvalue weighted by Crippen LogP contribution is -2.10. The molecule has 2 rings (SSSR count). The minimum absolute atomic E-state index is 0.206. The zero-order chi connectivity index (χ0) is 17.2. The van der Waals surface area contributed by atoms with Crippen molar-refractivity contribution in [3.63, 3.8) is 0 Å². The van der Waals surface area contributed by atoms with E-state index in [0.29, 0.717) is 35.7 Å². The number of halogens is 3. The molecule has 23 heavy (non-hydrogen) atoms. The number of allylic oxidation sites excluding steroid dienone is 2. The fourth-order valence-electron chi connectivity index (χ4n) is 3.53. The van der Waals surface area contributed by atoms with Crippen LogP contribution < -0.4 is 0 Å². The Labute approximate surface area is 136 Å². The smallest absolute Gasteiger partial charge is 0.309 e. The van der Waals surface area contributed by atoms with E-state index in [1.807, 2.05) is 0 Å². The number of rotatable bonds is 6. The van der Waals surface area contributed by atoms with Crippen molar-refractivity contribution in [2.24, 2.45) is 23.7 Å². The van der Waals surface area contributed by atoms with Crippen LogP contribution in [0.25, 0.3) is 5.57 Å². The van der Waals surface area contributed by atoms with Crippen molar-refractivity contribution in [2.45, 2.75) is 39.8 Å². The Bertz CT molecular complexity index is 587. The second-order valence-electron chi connectivity index (χ2n) is 6.89. The topological polar surface area (TPSA) is 23.9 Å². The largest absolute Gasteiger partial charge is 0.416 e. The van der Waals surface area contributed by atoms with Crippen molar-refractivity contribution in [1.29, 1.82) is 5.41 Å². The lowest BCUT2D eigenvalue weighted by atomic mass is 9.88. The Kier molecular flexibility index (Phi) is 5.33. The van der Waals surface area contributed by atoms with Crippen LogP contribution in [0.3, 0.4) is 0 Å². The summed E-state index contributed by atoms with van der Waals surface area (Å²) < 4.78 is 39.7. The Morgan fingerprint density at radius 1 is 1.22 bits per heavy atom. The van der Waals surface area contributed by atoms with Crippen molar-refractivity contribution < 1.29 is 13.2 Å². The molecule has 126 valence electrons. The third-order valence-electron chi connectivity index (χ3n) is 4.88. The summed E-state index contributed by atoms with van der Waals surface area (Å²) >= 11 is 0. The lowest BCUT2D eigenvalue weighted by Gasteiger charge is -2.19. The molecule has 1 saturated carbocycles. The highest BCUT2D eigenvalue weighted by Crippen LogP contribution is 2.51. The molecule has 1 aromatic carbocycles. The number of benzene rings is 1. The molecule has 0 aliphatic heterocycles. The summed E-state index contributed by atoms with van der Waals surface area (Å²) in [6.45, 7) is 6.51. The third-order valence-corrected chi connectivity index (χ3v) is 4.88. The fraction of sp³-hybridized carbons (Fsp3) is 0.526. The predicted molar refractivity (Wildman–Crippen MR) is 88.4 cm³/mol. The van der Waals surface area contributed by atoms with Crippen molar-refractivity contribution in [2.75, 3.05) is 0 Å². The first-order chi connectivity index (χ1) is 10.8. The Morgan fingerprint density at radius 3 is 2.39 bits per heavy atom. The first-order valence-corrected chi connectivity index (χ1v) is 8.12. The SMILES string of the molecule is CC(C)[C@H]1C[C@@H]1C(C)C/C(=C\C=N)c1ccccc1C(F)(F)F. The molecule has 0 saturated heterocycles. The number of hydrogen-bond donors (Lipinski definition) is 1. The van der Waals surface area contributed by atoms with Crippen LogP contribution in [0.15, 0.2) is 30.3 Å². The molecule has 0 bridgehead atoms. The second-order valence-corrected chi connectivity index (χ2v) is 6.89. The van der Waals surface area contributed by atoms with Crippen LogP contribution in [0.2, 0.25) is 0 Å². The van der Waals surface area contributed by atoms with E-state index in [1.165, 1.54) is 18.2 Å². The monoisotopic (exact) mass is 323 g/mol. The predicted octanol–water partition coefficient (Wildman–Crippen LogP) is 6.06. The number of alkyl halides is 3. The molecule has 0 radical (unpaired) electrons. The van der Waals surface area contributed by atoms with Gasteiger partial charge in [-0.15, -0.1) is 0 Å². The summed E-state index contributed by atoms with van der Waals surface area (Å²) in [7, 11) is 0. The highest BCUT2D eigenvalue weighted by Gasteiger charge is 2.43. The first-order valence-electron chi connectivity index (χ1n) is 8.12. The van der Waals surface area contributed by atoms with Gasteiger partial charge in [0.25, 0.3) is 0 Å². The van der Waals surface area contributed by atoms with E-state index in [9.17, 15) is 13.2 Å². The quantitative estimate of drug-likeness (QED) is 0.616. The summed E-state index contributed by atoms with van der Waals surface area (Å²) in [5.41, 5.74) is 0.198. The van der Waals surface area contributed by atoms with E-state index in [1.54, 1.807) is 6.07 Å². The fourth-order valence-corrected chi connectivity index (χ4v) is 3.53. The molecule has 0 aromatic heterocycles. The summed E-state index contributed by atoms with van der Waals surface area (Å²) in [6.07, 6.45) is -0.0369. The Balaban J connectivity index is 2.24. The van der Waals surface area contributed by atoms with E-state index in [-0.39, 0.29) is 5.56 Å². The molecule has 1 nitrogen and oxygen atoms in total. The van der Waals surface area contributed by atoms with Gasteiger partial charge in [0.1, 0.15) is 0 Å². The molecule has 0 heterocycles. The standard InChI is InChI=1S/C19H24F3N/c1-12(2)16-11-17(16)13(3)10-14(8-9-23)15-6-4-5-7-18(15)19(20,21)22/h4-9,12-13,16-17,23H,10-11H2,1-3H3/b14-8+,23-9?/t13?,16-,17-/m1/s1. The molecule has 4 heteroatoms. The maximum Gasteiger partial charge on any atom is 0.416 e. The summed E-state index contributed by atoms with van der Waals surface area (Å²) in [5, 5.41) is 7.30. The molecule has 1 aliphatic rings. The van der Waals surface area contributed by atoms with Crippen LogP contribution >= 0.6 is 0 Å². The van der Waals surface area contributed by atoms with Gasteiger partial charge in [0.15, 0.2) is 0 Å². The zero-order valence-corrected chi connectivity index (χ0v) is 13.8. The van der Waals surface area contributed by atoms with Crippen LogP contribution in [-0.4, -0.2) is 6.21 Å². The average Bonchev–Trinajstić information content (AvgIpc) is 3.26. The van der Waals surface area contributed by atoms with Gasteiger partial charge in [0, 0.05) is 6.21 Å². The van der Waals surface area contributed by atoms with Gasteiger partial charge in [-0.25, -0.2) is 0 Å². The molecule has 3 atom stereocenters. The van der Waals surface area contributed by atoms with Crippen molar-refractivity contribution in [3.05, 3.63) is 41.5 Å². The molecular formula is C19H24F3N. The third kappa shape index (κ3) is 4.24. The maximum atomic E-state index is 13.2. The molecule has 1 fully saturated rings. The molecule has 0 amide bonds. The summed E-state index contributed by atoms with van der Waals surface area (Å²) in [6, 6.07) is 5.66. The molecule has 1 N–H and O–H groups in total. The van der Waals surface area contributed by atoms with E-state index in [4.69, 9.17) is 5.41 Å². The van der Waals surface area contributed by atoms with Crippen molar-refractivity contribution >= 4 is 11.8 Å². The average molecular weight is 323 g/mol. The minimum atomic E-state index is -4.37. The maximum absolute atomic E-state index is 13.2. The zero-order valence-electron chi connectivity index (χ0n) is 13.8. The van der Waals surface area contributed by atoms with Crippen LogP contribution in [0.1, 0.15) is 44.7 Å². The Morgan fingerprint density at radius 2 is 1.87 bits per heavy atom. The number of hydrogen-bond acceptors (Lipinski definition) is 1.